The van der Waals surface area contributed by atoms with Gasteiger partial charge >= 0.3 is 0 Å². The van der Waals surface area contributed by atoms with Crippen molar-refractivity contribution in [2.45, 2.75) is 20.8 Å². The van der Waals surface area contributed by atoms with Crippen LogP contribution in [0.4, 0.5) is 13.2 Å². The van der Waals surface area contributed by atoms with Gasteiger partial charge in [-0.25, -0.2) is 8.78 Å². The lowest BCUT2D eigenvalue weighted by Gasteiger charge is -2.26. The molecule has 1 nitrogen and oxygen atoms in total. The van der Waals surface area contributed by atoms with E-state index in [-0.39, 0.29) is 5.57 Å². The number of allylic oxidation sites excluding steroid dienone is 4. The van der Waals surface area contributed by atoms with Gasteiger partial charge in [-0.3, -0.25) is 4.79 Å². The summed E-state index contributed by atoms with van der Waals surface area (Å²) in [5, 5.41) is 0. The Balaban J connectivity index is 3.39. The topological polar surface area (TPSA) is 17.1 Å². The minimum atomic E-state index is -1.65. The summed E-state index contributed by atoms with van der Waals surface area (Å²) < 4.78 is 39.1. The third-order valence-corrected chi connectivity index (χ3v) is 2.16. The average molecular weight is 190 g/mol. The number of hydrogen-bond donors (Lipinski definition) is 0. The van der Waals surface area contributed by atoms with E-state index in [2.05, 4.69) is 0 Å². The molecule has 0 aliphatic heterocycles. The average Bonchev–Trinajstić information content (AvgIpc) is 2.09. The molecule has 1 rings (SSSR count). The van der Waals surface area contributed by atoms with Crippen LogP contribution in [0.2, 0.25) is 0 Å². The smallest absolute Gasteiger partial charge is 0.222 e. The van der Waals surface area contributed by atoms with Gasteiger partial charge in [0.25, 0.3) is 0 Å². The molecule has 72 valence electrons. The fraction of sp³-hybridized carbons (Fsp3) is 0.444. The van der Waals surface area contributed by atoms with Crippen molar-refractivity contribution in [3.8, 4) is 0 Å². The Hall–Kier alpha value is -1.06. The summed E-state index contributed by atoms with van der Waals surface area (Å²) in [7, 11) is 0. The number of carbonyl (C=O) groups excluding carboxylic acids is 1. The predicted molar refractivity (Wildman–Crippen MR) is 41.8 cm³/mol. The van der Waals surface area contributed by atoms with Crippen LogP contribution in [0.5, 0.6) is 0 Å². The Morgan fingerprint density at radius 2 is 1.54 bits per heavy atom. The van der Waals surface area contributed by atoms with Gasteiger partial charge in [-0.1, -0.05) is 0 Å². The molecular weight excluding hydrogens is 181 g/mol. The van der Waals surface area contributed by atoms with Crippen molar-refractivity contribution in [1.82, 2.24) is 0 Å². The van der Waals surface area contributed by atoms with Gasteiger partial charge in [-0.2, -0.15) is 4.39 Å². The van der Waals surface area contributed by atoms with Crippen LogP contribution in [0.1, 0.15) is 20.8 Å². The first-order valence-corrected chi connectivity index (χ1v) is 3.77. The van der Waals surface area contributed by atoms with Gasteiger partial charge in [-0.05, 0) is 20.8 Å². The van der Waals surface area contributed by atoms with Crippen molar-refractivity contribution in [2.75, 3.05) is 0 Å². The van der Waals surface area contributed by atoms with Gasteiger partial charge in [0, 0.05) is 5.57 Å². The fourth-order valence-electron chi connectivity index (χ4n) is 1.20. The molecule has 0 heterocycles. The molecule has 4 heteroatoms. The maximum Gasteiger partial charge on any atom is 0.222 e. The van der Waals surface area contributed by atoms with Crippen LogP contribution < -0.4 is 0 Å². The molecule has 0 saturated carbocycles. The molecule has 13 heavy (non-hydrogen) atoms. The van der Waals surface area contributed by atoms with Crippen molar-refractivity contribution in [3.05, 3.63) is 23.1 Å². The standard InChI is InChI=1S/C9H9F3O/c1-4-6(13)5(10)8(12)9(2,3)7(4)11/h1-3H3. The Bertz CT molecular complexity index is 307. The zero-order valence-electron chi connectivity index (χ0n) is 7.54. The Morgan fingerprint density at radius 3 is 2.00 bits per heavy atom. The van der Waals surface area contributed by atoms with E-state index in [9.17, 15) is 18.0 Å². The SMILES string of the molecule is CC1=C(F)C(C)(C)C(F)=C(F)C1=O. The van der Waals surface area contributed by atoms with E-state index in [0.29, 0.717) is 0 Å². The first-order chi connectivity index (χ1) is 5.80. The van der Waals surface area contributed by atoms with Gasteiger partial charge in [-0.15, -0.1) is 0 Å². The minimum absolute atomic E-state index is 0.358. The summed E-state index contributed by atoms with van der Waals surface area (Å²) in [6.07, 6.45) is 0. The van der Waals surface area contributed by atoms with Gasteiger partial charge in [0.15, 0.2) is 5.83 Å². The van der Waals surface area contributed by atoms with Crippen LogP contribution in [0.3, 0.4) is 0 Å². The maximum atomic E-state index is 13.2. The second-order valence-electron chi connectivity index (χ2n) is 3.52. The summed E-state index contributed by atoms with van der Waals surface area (Å²) in [4.78, 5) is 10.9. The highest BCUT2D eigenvalue weighted by Gasteiger charge is 2.41. The third kappa shape index (κ3) is 1.20. The first-order valence-electron chi connectivity index (χ1n) is 3.77. The quantitative estimate of drug-likeness (QED) is 0.573. The lowest BCUT2D eigenvalue weighted by molar-refractivity contribution is -0.114. The second-order valence-corrected chi connectivity index (χ2v) is 3.52. The highest BCUT2D eigenvalue weighted by molar-refractivity contribution is 6.08. The number of rotatable bonds is 0. The van der Waals surface area contributed by atoms with Crippen molar-refractivity contribution in [1.29, 1.82) is 0 Å². The maximum absolute atomic E-state index is 13.2. The highest BCUT2D eigenvalue weighted by Crippen LogP contribution is 2.44. The lowest BCUT2D eigenvalue weighted by Crippen LogP contribution is -2.24. The van der Waals surface area contributed by atoms with Crippen molar-refractivity contribution < 1.29 is 18.0 Å². The number of carbonyl (C=O) groups is 1. The largest absolute Gasteiger partial charge is 0.286 e. The van der Waals surface area contributed by atoms with Crippen LogP contribution in [0.15, 0.2) is 23.1 Å². The summed E-state index contributed by atoms with van der Waals surface area (Å²) in [5.41, 5.74) is -2.01. The fourth-order valence-corrected chi connectivity index (χ4v) is 1.20. The molecule has 0 unspecified atom stereocenters. The van der Waals surface area contributed by atoms with E-state index in [1.807, 2.05) is 0 Å². The molecule has 1 aliphatic carbocycles. The molecule has 0 N–H and O–H groups in total. The Kier molecular flexibility index (Phi) is 2.10. The predicted octanol–water partition coefficient (Wildman–Crippen LogP) is 2.99. The van der Waals surface area contributed by atoms with Crippen LogP contribution in [-0.4, -0.2) is 5.78 Å². The Labute approximate surface area is 73.9 Å². The van der Waals surface area contributed by atoms with E-state index in [1.54, 1.807) is 0 Å². The van der Waals surface area contributed by atoms with Crippen LogP contribution in [0.25, 0.3) is 0 Å². The normalized spacial score (nSPS) is 22.8. The van der Waals surface area contributed by atoms with Gasteiger partial charge in [0.1, 0.15) is 5.83 Å². The lowest BCUT2D eigenvalue weighted by atomic mass is 9.82. The molecule has 0 saturated heterocycles. The van der Waals surface area contributed by atoms with E-state index >= 15 is 0 Å². The van der Waals surface area contributed by atoms with Gasteiger partial charge in [0.2, 0.25) is 11.6 Å². The van der Waals surface area contributed by atoms with E-state index in [4.69, 9.17) is 0 Å². The molecule has 0 spiro atoms. The van der Waals surface area contributed by atoms with Crippen LogP contribution in [0, 0.1) is 5.41 Å². The molecule has 1 aliphatic rings. The molecule has 0 radical (unpaired) electrons. The molecule has 0 aromatic rings. The number of Topliss-reactive ketones (excluding diaryl/α,β-unsaturated/α-hetero) is 1. The summed E-state index contributed by atoms with van der Waals surface area (Å²) in [6.45, 7) is 3.52. The summed E-state index contributed by atoms with van der Waals surface area (Å²) >= 11 is 0. The molecule has 0 atom stereocenters. The molecule has 0 aromatic carbocycles. The monoisotopic (exact) mass is 190 g/mol. The number of hydrogen-bond acceptors (Lipinski definition) is 1. The Morgan fingerprint density at radius 1 is 1.08 bits per heavy atom. The van der Waals surface area contributed by atoms with E-state index in [0.717, 1.165) is 6.92 Å². The first kappa shape index (κ1) is 10.0. The van der Waals surface area contributed by atoms with Crippen LogP contribution in [-0.2, 0) is 4.79 Å². The molecule has 0 fully saturated rings. The third-order valence-electron chi connectivity index (χ3n) is 2.16. The molecule has 0 bridgehead atoms. The van der Waals surface area contributed by atoms with E-state index < -0.39 is 28.7 Å². The van der Waals surface area contributed by atoms with E-state index in [1.165, 1.54) is 13.8 Å². The van der Waals surface area contributed by atoms with Crippen molar-refractivity contribution in [3.63, 3.8) is 0 Å². The number of ketones is 1. The van der Waals surface area contributed by atoms with Crippen molar-refractivity contribution in [2.24, 2.45) is 5.41 Å². The molecule has 0 aromatic heterocycles. The minimum Gasteiger partial charge on any atom is -0.286 e. The second kappa shape index (κ2) is 2.72. The molecular formula is C9H9F3O. The zero-order valence-corrected chi connectivity index (χ0v) is 7.54. The zero-order chi connectivity index (χ0) is 10.4. The van der Waals surface area contributed by atoms with Gasteiger partial charge < -0.3 is 0 Å². The summed E-state index contributed by atoms with van der Waals surface area (Å²) in [5.74, 6) is -4.92. The van der Waals surface area contributed by atoms with Crippen molar-refractivity contribution >= 4 is 5.78 Å². The molecule has 0 amide bonds. The van der Waals surface area contributed by atoms with Crippen LogP contribution >= 0.6 is 0 Å². The highest BCUT2D eigenvalue weighted by atomic mass is 19.2. The summed E-state index contributed by atoms with van der Waals surface area (Å²) in [6, 6.07) is 0. The van der Waals surface area contributed by atoms with Gasteiger partial charge in [0.05, 0.1) is 5.41 Å². The number of halogens is 3.